The van der Waals surface area contributed by atoms with Crippen LogP contribution in [0.2, 0.25) is 0 Å². The lowest BCUT2D eigenvalue weighted by atomic mass is 9.96. The van der Waals surface area contributed by atoms with Gasteiger partial charge in [0.2, 0.25) is 0 Å². The predicted octanol–water partition coefficient (Wildman–Crippen LogP) is 4.16. The minimum absolute atomic E-state index is 0.322. The van der Waals surface area contributed by atoms with Crippen LogP contribution in [0.5, 0.6) is 5.75 Å². The van der Waals surface area contributed by atoms with Crippen molar-refractivity contribution in [3.05, 3.63) is 39.1 Å². The number of hydrogen-bond acceptors (Lipinski definition) is 3. The number of ether oxygens (including phenoxy) is 2. The summed E-state index contributed by atoms with van der Waals surface area (Å²) in [6.07, 6.45) is 3.49. The van der Waals surface area contributed by atoms with Crippen LogP contribution in [0.15, 0.2) is 22.4 Å². The predicted molar refractivity (Wildman–Crippen MR) is 77.5 cm³/mol. The summed E-state index contributed by atoms with van der Waals surface area (Å²) >= 11 is 3.55. The van der Waals surface area contributed by atoms with E-state index >= 15 is 0 Å². The number of hydrogen-bond donors (Lipinski definition) is 0. The zero-order valence-corrected chi connectivity index (χ0v) is 13.0. The van der Waals surface area contributed by atoms with Gasteiger partial charge in [-0.25, -0.2) is 4.79 Å². The minimum atomic E-state index is -0.322. The Hall–Kier alpha value is -1.29. The van der Waals surface area contributed by atoms with Crippen LogP contribution in [0.4, 0.5) is 0 Å². The summed E-state index contributed by atoms with van der Waals surface area (Å²) < 4.78 is 11.8. The molecule has 0 fully saturated rings. The molecule has 2 rings (SSSR count). The average molecular weight is 325 g/mol. The Morgan fingerprint density at radius 1 is 1.47 bits per heavy atom. The van der Waals surface area contributed by atoms with Gasteiger partial charge in [0.25, 0.3) is 0 Å². The van der Waals surface area contributed by atoms with Crippen molar-refractivity contribution >= 4 is 21.9 Å². The molecule has 4 heteroatoms. The Bertz CT molecular complexity index is 547. The fraction of sp³-hybridized carbons (Fsp3) is 0.400. The summed E-state index contributed by atoms with van der Waals surface area (Å²) in [5.41, 5.74) is 3.63. The maximum Gasteiger partial charge on any atom is 0.342 e. The second-order valence-electron chi connectivity index (χ2n) is 4.50. The van der Waals surface area contributed by atoms with Crippen LogP contribution in [0, 0.1) is 6.92 Å². The molecule has 3 nitrogen and oxygen atoms in total. The van der Waals surface area contributed by atoms with Gasteiger partial charge in [0.05, 0.1) is 12.9 Å². The molecule has 102 valence electrons. The van der Waals surface area contributed by atoms with Crippen molar-refractivity contribution < 1.29 is 14.3 Å². The maximum atomic E-state index is 12.1. The van der Waals surface area contributed by atoms with Crippen molar-refractivity contribution in [2.45, 2.75) is 33.6 Å². The van der Waals surface area contributed by atoms with E-state index in [1.807, 2.05) is 13.0 Å². The average Bonchev–Trinajstić information content (AvgIpc) is 2.38. The van der Waals surface area contributed by atoms with Crippen molar-refractivity contribution in [2.75, 3.05) is 6.61 Å². The lowest BCUT2D eigenvalue weighted by Gasteiger charge is -2.21. The fourth-order valence-electron chi connectivity index (χ4n) is 2.16. The molecule has 1 aliphatic rings. The highest BCUT2D eigenvalue weighted by Gasteiger charge is 2.25. The minimum Gasteiger partial charge on any atom is -0.464 e. The number of allylic oxidation sites excluding steroid dienone is 1. The second kappa shape index (κ2) is 5.78. The van der Waals surface area contributed by atoms with E-state index in [4.69, 9.17) is 9.47 Å². The molecule has 0 saturated heterocycles. The van der Waals surface area contributed by atoms with Crippen molar-refractivity contribution in [1.29, 1.82) is 0 Å². The molecule has 0 saturated carbocycles. The molecule has 0 radical (unpaired) electrons. The molecule has 0 aromatic heterocycles. The van der Waals surface area contributed by atoms with E-state index in [9.17, 15) is 4.79 Å². The van der Waals surface area contributed by atoms with Crippen LogP contribution in [-0.4, -0.2) is 12.6 Å². The summed E-state index contributed by atoms with van der Waals surface area (Å²) in [4.78, 5) is 12.1. The second-order valence-corrected chi connectivity index (χ2v) is 5.36. The lowest BCUT2D eigenvalue weighted by Crippen LogP contribution is -2.13. The summed E-state index contributed by atoms with van der Waals surface area (Å²) in [5.74, 6) is 0.305. The third-order valence-corrected chi connectivity index (χ3v) is 3.92. The molecular formula is C15H17BrO3. The third-order valence-electron chi connectivity index (χ3n) is 3.21. The van der Waals surface area contributed by atoms with Gasteiger partial charge in [0, 0.05) is 16.5 Å². The molecule has 0 spiro atoms. The van der Waals surface area contributed by atoms with Gasteiger partial charge in [-0.05, 0) is 37.5 Å². The van der Waals surface area contributed by atoms with E-state index < -0.39 is 0 Å². The Kier molecular flexibility index (Phi) is 4.30. The molecule has 0 amide bonds. The van der Waals surface area contributed by atoms with Gasteiger partial charge in [-0.3, -0.25) is 0 Å². The highest BCUT2D eigenvalue weighted by atomic mass is 79.9. The number of carbonyl (C=O) groups is 1. The zero-order valence-electron chi connectivity index (χ0n) is 11.4. The van der Waals surface area contributed by atoms with E-state index in [1.54, 1.807) is 13.2 Å². The van der Waals surface area contributed by atoms with Gasteiger partial charge < -0.3 is 9.47 Å². The Morgan fingerprint density at radius 3 is 2.84 bits per heavy atom. The molecular weight excluding hydrogens is 308 g/mol. The quantitative estimate of drug-likeness (QED) is 0.783. The topological polar surface area (TPSA) is 35.5 Å². The van der Waals surface area contributed by atoms with E-state index in [2.05, 4.69) is 22.9 Å². The van der Waals surface area contributed by atoms with Gasteiger partial charge in [-0.15, -0.1) is 0 Å². The number of fused-ring (bicyclic) bond motifs is 1. The third kappa shape index (κ3) is 2.68. The van der Waals surface area contributed by atoms with Crippen LogP contribution < -0.4 is 4.74 Å². The van der Waals surface area contributed by atoms with Gasteiger partial charge in [-0.1, -0.05) is 22.9 Å². The standard InChI is InChI=1S/C15H17BrO3/c1-4-10-7-11-12(16)6-9(3)13(14(11)19-8-10)15(17)18-5-2/h6,8H,4-5,7H2,1-3H3. The first-order valence-electron chi connectivity index (χ1n) is 6.42. The number of carbonyl (C=O) groups excluding carboxylic acids is 1. The molecule has 19 heavy (non-hydrogen) atoms. The first kappa shape index (κ1) is 14.1. The Labute approximate surface area is 121 Å². The SMILES string of the molecule is CCOC(=O)c1c(C)cc(Br)c2c1OC=C(CC)C2. The molecule has 0 bridgehead atoms. The molecule has 1 heterocycles. The van der Waals surface area contributed by atoms with E-state index in [-0.39, 0.29) is 5.97 Å². The largest absolute Gasteiger partial charge is 0.464 e. The van der Waals surface area contributed by atoms with Crippen LogP contribution in [0.3, 0.4) is 0 Å². The van der Waals surface area contributed by atoms with Crippen LogP contribution in [0.1, 0.15) is 41.8 Å². The van der Waals surface area contributed by atoms with E-state index in [1.165, 1.54) is 5.57 Å². The monoisotopic (exact) mass is 324 g/mol. The molecule has 0 aliphatic carbocycles. The van der Waals surface area contributed by atoms with E-state index in [0.717, 1.165) is 28.4 Å². The lowest BCUT2D eigenvalue weighted by molar-refractivity contribution is 0.0522. The molecule has 0 atom stereocenters. The van der Waals surface area contributed by atoms with Crippen molar-refractivity contribution in [2.24, 2.45) is 0 Å². The zero-order chi connectivity index (χ0) is 14.0. The number of rotatable bonds is 3. The number of halogens is 1. The first-order valence-corrected chi connectivity index (χ1v) is 7.21. The fourth-order valence-corrected chi connectivity index (χ4v) is 2.82. The summed E-state index contributed by atoms with van der Waals surface area (Å²) in [5, 5.41) is 0. The van der Waals surface area contributed by atoms with Crippen molar-refractivity contribution in [3.8, 4) is 5.75 Å². The van der Waals surface area contributed by atoms with Crippen LogP contribution in [-0.2, 0) is 11.2 Å². The maximum absolute atomic E-state index is 12.1. The molecule has 0 unspecified atom stereocenters. The Balaban J connectivity index is 2.52. The number of esters is 1. The normalized spacial score (nSPS) is 13.4. The number of benzene rings is 1. The van der Waals surface area contributed by atoms with Gasteiger partial charge in [0.1, 0.15) is 11.3 Å². The highest BCUT2D eigenvalue weighted by Crippen LogP contribution is 2.38. The summed E-state index contributed by atoms with van der Waals surface area (Å²) in [7, 11) is 0. The smallest absolute Gasteiger partial charge is 0.342 e. The number of aryl methyl sites for hydroxylation is 1. The van der Waals surface area contributed by atoms with Gasteiger partial charge in [-0.2, -0.15) is 0 Å². The van der Waals surface area contributed by atoms with Crippen LogP contribution in [0.25, 0.3) is 0 Å². The van der Waals surface area contributed by atoms with Gasteiger partial charge >= 0.3 is 5.97 Å². The molecule has 1 aromatic rings. The molecule has 1 aromatic carbocycles. The van der Waals surface area contributed by atoms with Gasteiger partial charge in [0.15, 0.2) is 0 Å². The molecule has 1 aliphatic heterocycles. The molecule has 0 N–H and O–H groups in total. The van der Waals surface area contributed by atoms with Crippen molar-refractivity contribution in [3.63, 3.8) is 0 Å². The first-order chi connectivity index (χ1) is 9.08. The van der Waals surface area contributed by atoms with E-state index in [0.29, 0.717) is 17.9 Å². The highest BCUT2D eigenvalue weighted by molar-refractivity contribution is 9.10. The Morgan fingerprint density at radius 2 is 2.21 bits per heavy atom. The van der Waals surface area contributed by atoms with Crippen molar-refractivity contribution in [1.82, 2.24) is 0 Å². The van der Waals surface area contributed by atoms with Crippen LogP contribution >= 0.6 is 15.9 Å². The summed E-state index contributed by atoms with van der Waals surface area (Å²) in [6, 6.07) is 1.95. The summed E-state index contributed by atoms with van der Waals surface area (Å²) in [6.45, 7) is 6.14.